The fraction of sp³-hybridized carbons (Fsp3) is 0.750. The van der Waals surface area contributed by atoms with Gasteiger partial charge >= 0.3 is 0 Å². The van der Waals surface area contributed by atoms with E-state index in [1.807, 2.05) is 13.8 Å². The summed E-state index contributed by atoms with van der Waals surface area (Å²) in [4.78, 5) is 10.6. The van der Waals surface area contributed by atoms with E-state index in [-0.39, 0.29) is 25.4 Å². The molecule has 98 valence electrons. The quantitative estimate of drug-likeness (QED) is 0.383. The van der Waals surface area contributed by atoms with Gasteiger partial charge in [-0.05, 0) is 13.8 Å². The van der Waals surface area contributed by atoms with Gasteiger partial charge in [-0.15, -0.1) is 6.58 Å². The summed E-state index contributed by atoms with van der Waals surface area (Å²) in [5, 5.41) is 0. The van der Waals surface area contributed by atoms with E-state index in [0.717, 1.165) is 6.29 Å². The molecule has 0 amide bonds. The van der Waals surface area contributed by atoms with Crippen molar-refractivity contribution < 1.29 is 23.7 Å². The molecular weight excluding hydrogens is 224 g/mol. The summed E-state index contributed by atoms with van der Waals surface area (Å²) in [5.74, 6) is -0.693. The van der Waals surface area contributed by atoms with Gasteiger partial charge in [0, 0.05) is 13.5 Å². The predicted molar refractivity (Wildman–Crippen MR) is 61.5 cm³/mol. The number of hydrogen-bond acceptors (Lipinski definition) is 5. The number of rotatable bonds is 7. The highest BCUT2D eigenvalue weighted by Gasteiger charge is 2.44. The molecule has 0 aromatic rings. The lowest BCUT2D eigenvalue weighted by atomic mass is 10.1. The first-order valence-electron chi connectivity index (χ1n) is 5.56. The molecule has 1 aliphatic rings. The van der Waals surface area contributed by atoms with Crippen LogP contribution in [0.15, 0.2) is 12.7 Å². The largest absolute Gasteiger partial charge is 0.359 e. The minimum absolute atomic E-state index is 0.114. The fourth-order valence-electron chi connectivity index (χ4n) is 1.83. The standard InChI is InChI=1S/C12H20O5/c1-5-9-11(17-12(2,3)16-9)10(6-7-13)15-8-14-4/h5,7,9-11H,1,6,8H2,2-4H3/t9-,10?,11+/m1/s1. The van der Waals surface area contributed by atoms with Crippen LogP contribution in [0.4, 0.5) is 0 Å². The number of aldehydes is 1. The van der Waals surface area contributed by atoms with Crippen molar-refractivity contribution in [3.8, 4) is 0 Å². The molecule has 0 N–H and O–H groups in total. The van der Waals surface area contributed by atoms with Crippen molar-refractivity contribution in [1.82, 2.24) is 0 Å². The number of ether oxygens (including phenoxy) is 4. The lowest BCUT2D eigenvalue weighted by molar-refractivity contribution is -0.170. The van der Waals surface area contributed by atoms with E-state index in [0.29, 0.717) is 0 Å². The van der Waals surface area contributed by atoms with Crippen molar-refractivity contribution in [1.29, 1.82) is 0 Å². The second-order valence-corrected chi connectivity index (χ2v) is 4.31. The molecule has 1 unspecified atom stereocenters. The summed E-state index contributed by atoms with van der Waals surface area (Å²) in [6.45, 7) is 7.45. The molecule has 1 saturated heterocycles. The van der Waals surface area contributed by atoms with E-state index in [4.69, 9.17) is 18.9 Å². The normalized spacial score (nSPS) is 28.9. The molecule has 5 nitrogen and oxygen atoms in total. The summed E-state index contributed by atoms with van der Waals surface area (Å²) in [6, 6.07) is 0. The minimum atomic E-state index is -0.693. The molecule has 0 radical (unpaired) electrons. The van der Waals surface area contributed by atoms with E-state index >= 15 is 0 Å². The van der Waals surface area contributed by atoms with Crippen LogP contribution in [0.25, 0.3) is 0 Å². The molecule has 0 bridgehead atoms. The first-order chi connectivity index (χ1) is 8.04. The van der Waals surface area contributed by atoms with Crippen LogP contribution in [0.1, 0.15) is 20.3 Å². The maximum absolute atomic E-state index is 10.6. The molecule has 0 aromatic heterocycles. The Morgan fingerprint density at radius 3 is 2.71 bits per heavy atom. The molecule has 0 saturated carbocycles. The molecule has 0 aromatic carbocycles. The van der Waals surface area contributed by atoms with Gasteiger partial charge in [-0.25, -0.2) is 0 Å². The van der Waals surface area contributed by atoms with Crippen molar-refractivity contribution >= 4 is 6.29 Å². The third kappa shape index (κ3) is 3.89. The highest BCUT2D eigenvalue weighted by atomic mass is 16.8. The van der Waals surface area contributed by atoms with E-state index in [1.165, 1.54) is 7.11 Å². The number of methoxy groups -OCH3 is 1. The topological polar surface area (TPSA) is 54.0 Å². The van der Waals surface area contributed by atoms with E-state index in [2.05, 4.69) is 6.58 Å². The van der Waals surface area contributed by atoms with Crippen LogP contribution in [0.5, 0.6) is 0 Å². The second-order valence-electron chi connectivity index (χ2n) is 4.31. The zero-order valence-electron chi connectivity index (χ0n) is 10.5. The van der Waals surface area contributed by atoms with Gasteiger partial charge in [0.15, 0.2) is 5.79 Å². The van der Waals surface area contributed by atoms with Crippen molar-refractivity contribution in [2.24, 2.45) is 0 Å². The zero-order chi connectivity index (χ0) is 12.9. The van der Waals surface area contributed by atoms with Crippen LogP contribution in [0.2, 0.25) is 0 Å². The molecule has 0 aliphatic carbocycles. The molecular formula is C12H20O5. The summed E-state index contributed by atoms with van der Waals surface area (Å²) in [7, 11) is 1.53. The summed E-state index contributed by atoms with van der Waals surface area (Å²) < 4.78 is 21.6. The lowest BCUT2D eigenvalue weighted by Crippen LogP contribution is -2.37. The SMILES string of the molecule is C=C[C@H]1OC(C)(C)O[C@@H]1C(CC=O)OCOC. The fourth-order valence-corrected chi connectivity index (χ4v) is 1.83. The predicted octanol–water partition coefficient (Wildman–Crippen LogP) is 1.27. The average molecular weight is 244 g/mol. The number of carbonyl (C=O) groups is 1. The molecule has 1 aliphatic heterocycles. The Morgan fingerprint density at radius 1 is 1.47 bits per heavy atom. The zero-order valence-corrected chi connectivity index (χ0v) is 10.5. The van der Waals surface area contributed by atoms with Crippen LogP contribution in [0.3, 0.4) is 0 Å². The van der Waals surface area contributed by atoms with Gasteiger partial charge in [0.05, 0.1) is 6.10 Å². The van der Waals surface area contributed by atoms with Gasteiger partial charge in [-0.1, -0.05) is 6.08 Å². The molecule has 5 heteroatoms. The summed E-state index contributed by atoms with van der Waals surface area (Å²) in [5.41, 5.74) is 0. The highest BCUT2D eigenvalue weighted by Crippen LogP contribution is 2.32. The van der Waals surface area contributed by atoms with Crippen LogP contribution in [-0.2, 0) is 23.7 Å². The van der Waals surface area contributed by atoms with E-state index < -0.39 is 11.9 Å². The van der Waals surface area contributed by atoms with Crippen molar-refractivity contribution in [3.63, 3.8) is 0 Å². The number of hydrogen-bond donors (Lipinski definition) is 0. The van der Waals surface area contributed by atoms with Crippen molar-refractivity contribution in [2.75, 3.05) is 13.9 Å². The molecule has 1 rings (SSSR count). The van der Waals surface area contributed by atoms with Gasteiger partial charge in [0.2, 0.25) is 0 Å². The van der Waals surface area contributed by atoms with Crippen LogP contribution < -0.4 is 0 Å². The van der Waals surface area contributed by atoms with Gasteiger partial charge in [0.25, 0.3) is 0 Å². The molecule has 3 atom stereocenters. The van der Waals surface area contributed by atoms with Gasteiger partial charge < -0.3 is 23.7 Å². The Morgan fingerprint density at radius 2 is 2.18 bits per heavy atom. The molecule has 1 fully saturated rings. The Bertz CT molecular complexity index is 264. The smallest absolute Gasteiger partial charge is 0.164 e. The molecule has 0 spiro atoms. The Hall–Kier alpha value is -0.750. The van der Waals surface area contributed by atoms with Gasteiger partial charge in [-0.2, -0.15) is 0 Å². The average Bonchev–Trinajstić information content (AvgIpc) is 2.60. The first kappa shape index (κ1) is 14.3. The van der Waals surface area contributed by atoms with E-state index in [9.17, 15) is 4.79 Å². The van der Waals surface area contributed by atoms with Crippen LogP contribution >= 0.6 is 0 Å². The van der Waals surface area contributed by atoms with Crippen molar-refractivity contribution in [3.05, 3.63) is 12.7 Å². The second kappa shape index (κ2) is 6.26. The lowest BCUT2D eigenvalue weighted by Gasteiger charge is -2.24. The monoisotopic (exact) mass is 244 g/mol. The third-order valence-electron chi connectivity index (χ3n) is 2.49. The Labute approximate surface area is 102 Å². The maximum Gasteiger partial charge on any atom is 0.164 e. The van der Waals surface area contributed by atoms with Gasteiger partial charge in [0.1, 0.15) is 25.3 Å². The van der Waals surface area contributed by atoms with E-state index in [1.54, 1.807) is 6.08 Å². The maximum atomic E-state index is 10.6. The first-order valence-corrected chi connectivity index (χ1v) is 5.56. The number of carbonyl (C=O) groups excluding carboxylic acids is 1. The Kier molecular flexibility index (Phi) is 5.27. The summed E-state index contributed by atoms with van der Waals surface area (Å²) in [6.07, 6.45) is 1.67. The highest BCUT2D eigenvalue weighted by molar-refractivity contribution is 5.50. The Balaban J connectivity index is 2.70. The van der Waals surface area contributed by atoms with Crippen LogP contribution in [0, 0.1) is 0 Å². The van der Waals surface area contributed by atoms with Crippen molar-refractivity contribution in [2.45, 2.75) is 44.4 Å². The molecule has 1 heterocycles. The third-order valence-corrected chi connectivity index (χ3v) is 2.49. The molecule has 17 heavy (non-hydrogen) atoms. The van der Waals surface area contributed by atoms with Crippen LogP contribution in [-0.4, -0.2) is 44.3 Å². The minimum Gasteiger partial charge on any atom is -0.359 e. The summed E-state index contributed by atoms with van der Waals surface area (Å²) >= 11 is 0. The van der Waals surface area contributed by atoms with Gasteiger partial charge in [-0.3, -0.25) is 0 Å².